The molecule has 0 bridgehead atoms. The molecule has 0 heterocycles. The number of halogens is 2. The van der Waals surface area contributed by atoms with Crippen molar-refractivity contribution < 1.29 is 9.47 Å². The molecule has 3 nitrogen and oxygen atoms in total. The zero-order valence-electron chi connectivity index (χ0n) is 16.9. The van der Waals surface area contributed by atoms with Crippen LogP contribution in [0.1, 0.15) is 29.2 Å². The van der Waals surface area contributed by atoms with Crippen molar-refractivity contribution >= 4 is 28.9 Å². The van der Waals surface area contributed by atoms with Gasteiger partial charge in [-0.15, -0.1) is 0 Å². The molecule has 3 aromatic carbocycles. The van der Waals surface area contributed by atoms with Crippen LogP contribution in [0, 0.1) is 13.8 Å². The monoisotopic (exact) mass is 429 g/mol. The minimum atomic E-state index is 0.430. The van der Waals surface area contributed by atoms with Gasteiger partial charge in [0.25, 0.3) is 0 Å². The molecule has 0 radical (unpaired) electrons. The summed E-state index contributed by atoms with van der Waals surface area (Å²) in [6.07, 6.45) is 0. The standard InChI is InChI=1S/C24H25Cl2NO2/c1-4-28-23-12-19(14-27-20-10-7-17(3)21(25)13-20)11-22(26)24(23)29-15-18-8-5-16(2)6-9-18/h5-13,27H,4,14-15H2,1-3H3. The van der Waals surface area contributed by atoms with E-state index in [0.29, 0.717) is 36.3 Å². The molecule has 0 saturated carbocycles. The third kappa shape index (κ3) is 5.81. The van der Waals surface area contributed by atoms with E-state index in [1.54, 1.807) is 0 Å². The van der Waals surface area contributed by atoms with Crippen LogP contribution in [0.5, 0.6) is 11.5 Å². The number of aryl methyl sites for hydroxylation is 2. The lowest BCUT2D eigenvalue weighted by Crippen LogP contribution is -2.04. The number of rotatable bonds is 8. The zero-order valence-corrected chi connectivity index (χ0v) is 18.4. The summed E-state index contributed by atoms with van der Waals surface area (Å²) >= 11 is 12.7. The van der Waals surface area contributed by atoms with E-state index in [0.717, 1.165) is 27.4 Å². The second-order valence-electron chi connectivity index (χ2n) is 6.93. The van der Waals surface area contributed by atoms with Crippen LogP contribution in [0.25, 0.3) is 0 Å². The van der Waals surface area contributed by atoms with Gasteiger partial charge in [0.15, 0.2) is 11.5 Å². The van der Waals surface area contributed by atoms with E-state index in [4.69, 9.17) is 32.7 Å². The van der Waals surface area contributed by atoms with Gasteiger partial charge in [0, 0.05) is 17.3 Å². The third-order valence-corrected chi connectivity index (χ3v) is 5.23. The number of anilines is 1. The largest absolute Gasteiger partial charge is 0.490 e. The molecule has 0 spiro atoms. The predicted octanol–water partition coefficient (Wildman–Crippen LogP) is 7.20. The number of ether oxygens (including phenoxy) is 2. The fourth-order valence-electron chi connectivity index (χ4n) is 2.87. The van der Waals surface area contributed by atoms with Crippen molar-refractivity contribution in [2.75, 3.05) is 11.9 Å². The first-order valence-electron chi connectivity index (χ1n) is 9.60. The molecule has 0 aromatic heterocycles. The van der Waals surface area contributed by atoms with Gasteiger partial charge in [-0.3, -0.25) is 0 Å². The smallest absolute Gasteiger partial charge is 0.180 e. The Morgan fingerprint density at radius 2 is 1.59 bits per heavy atom. The molecule has 0 aliphatic carbocycles. The van der Waals surface area contributed by atoms with Gasteiger partial charge in [-0.2, -0.15) is 0 Å². The van der Waals surface area contributed by atoms with Crippen molar-refractivity contribution in [1.82, 2.24) is 0 Å². The van der Waals surface area contributed by atoms with Crippen LogP contribution in [0.15, 0.2) is 54.6 Å². The Bertz CT molecular complexity index is 971. The number of hydrogen-bond donors (Lipinski definition) is 1. The molecule has 0 unspecified atom stereocenters. The molecular weight excluding hydrogens is 405 g/mol. The first-order chi connectivity index (χ1) is 14.0. The number of nitrogens with one attached hydrogen (secondary N) is 1. The Hall–Kier alpha value is -2.36. The van der Waals surface area contributed by atoms with Crippen LogP contribution < -0.4 is 14.8 Å². The third-order valence-electron chi connectivity index (χ3n) is 4.54. The molecule has 3 aromatic rings. The van der Waals surface area contributed by atoms with Crippen LogP contribution in [0.2, 0.25) is 10.0 Å². The van der Waals surface area contributed by atoms with Crippen molar-refractivity contribution in [3.63, 3.8) is 0 Å². The maximum atomic E-state index is 6.54. The molecular formula is C24H25Cl2NO2. The fourth-order valence-corrected chi connectivity index (χ4v) is 3.34. The van der Waals surface area contributed by atoms with E-state index < -0.39 is 0 Å². The molecule has 5 heteroatoms. The molecule has 0 atom stereocenters. The summed E-state index contributed by atoms with van der Waals surface area (Å²) in [5.74, 6) is 1.21. The van der Waals surface area contributed by atoms with Gasteiger partial charge in [-0.05, 0) is 61.7 Å². The summed E-state index contributed by atoms with van der Waals surface area (Å²) in [6.45, 7) is 7.54. The Morgan fingerprint density at radius 3 is 2.28 bits per heavy atom. The summed E-state index contributed by atoms with van der Waals surface area (Å²) < 4.78 is 11.8. The Labute approximate surface area is 182 Å². The van der Waals surface area contributed by atoms with Gasteiger partial charge >= 0.3 is 0 Å². The van der Waals surface area contributed by atoms with E-state index in [1.165, 1.54) is 5.56 Å². The fraction of sp³-hybridized carbons (Fsp3) is 0.250. The summed E-state index contributed by atoms with van der Waals surface area (Å²) in [6, 6.07) is 18.0. The maximum absolute atomic E-state index is 6.54. The highest BCUT2D eigenvalue weighted by Gasteiger charge is 2.13. The highest BCUT2D eigenvalue weighted by molar-refractivity contribution is 6.32. The second-order valence-corrected chi connectivity index (χ2v) is 7.74. The lowest BCUT2D eigenvalue weighted by atomic mass is 10.1. The van der Waals surface area contributed by atoms with E-state index in [2.05, 4.69) is 36.5 Å². The van der Waals surface area contributed by atoms with Crippen LogP contribution in [0.3, 0.4) is 0 Å². The molecule has 0 aliphatic heterocycles. The van der Waals surface area contributed by atoms with E-state index >= 15 is 0 Å². The van der Waals surface area contributed by atoms with Crippen LogP contribution in [-0.2, 0) is 13.2 Å². The minimum Gasteiger partial charge on any atom is -0.490 e. The average Bonchev–Trinajstić information content (AvgIpc) is 2.70. The molecule has 3 rings (SSSR count). The maximum Gasteiger partial charge on any atom is 0.180 e. The number of hydrogen-bond acceptors (Lipinski definition) is 3. The van der Waals surface area contributed by atoms with Crippen LogP contribution >= 0.6 is 23.2 Å². The van der Waals surface area contributed by atoms with Gasteiger partial charge in [0.1, 0.15) is 6.61 Å². The first kappa shape index (κ1) is 21.4. The van der Waals surface area contributed by atoms with E-state index in [-0.39, 0.29) is 0 Å². The quantitative estimate of drug-likeness (QED) is 0.410. The van der Waals surface area contributed by atoms with E-state index in [1.807, 2.05) is 44.2 Å². The van der Waals surface area contributed by atoms with Gasteiger partial charge in [-0.1, -0.05) is 59.1 Å². The Morgan fingerprint density at radius 1 is 0.828 bits per heavy atom. The van der Waals surface area contributed by atoms with Gasteiger partial charge in [0.2, 0.25) is 0 Å². The summed E-state index contributed by atoms with van der Waals surface area (Å²) in [7, 11) is 0. The van der Waals surface area contributed by atoms with Gasteiger partial charge < -0.3 is 14.8 Å². The summed E-state index contributed by atoms with van der Waals surface area (Å²) in [5, 5.41) is 4.64. The van der Waals surface area contributed by atoms with E-state index in [9.17, 15) is 0 Å². The molecule has 1 N–H and O–H groups in total. The zero-order chi connectivity index (χ0) is 20.8. The predicted molar refractivity (Wildman–Crippen MR) is 122 cm³/mol. The van der Waals surface area contributed by atoms with Crippen molar-refractivity contribution in [3.05, 3.63) is 86.9 Å². The van der Waals surface area contributed by atoms with Gasteiger partial charge in [-0.25, -0.2) is 0 Å². The molecule has 0 fully saturated rings. The first-order valence-corrected chi connectivity index (χ1v) is 10.4. The second kappa shape index (κ2) is 9.91. The summed E-state index contributed by atoms with van der Waals surface area (Å²) in [4.78, 5) is 0. The van der Waals surface area contributed by atoms with Gasteiger partial charge in [0.05, 0.1) is 11.6 Å². The lowest BCUT2D eigenvalue weighted by Gasteiger charge is -2.16. The van der Waals surface area contributed by atoms with Crippen molar-refractivity contribution in [3.8, 4) is 11.5 Å². The lowest BCUT2D eigenvalue weighted by molar-refractivity contribution is 0.269. The molecule has 0 amide bonds. The SMILES string of the molecule is CCOc1cc(CNc2ccc(C)c(Cl)c2)cc(Cl)c1OCc1ccc(C)cc1. The van der Waals surface area contributed by atoms with Crippen molar-refractivity contribution in [1.29, 1.82) is 0 Å². The highest BCUT2D eigenvalue weighted by atomic mass is 35.5. The van der Waals surface area contributed by atoms with Crippen LogP contribution in [0.4, 0.5) is 5.69 Å². The Balaban J connectivity index is 1.74. The number of benzene rings is 3. The summed E-state index contributed by atoms with van der Waals surface area (Å²) in [5.41, 5.74) is 5.30. The average molecular weight is 430 g/mol. The molecule has 152 valence electrons. The van der Waals surface area contributed by atoms with Crippen molar-refractivity contribution in [2.24, 2.45) is 0 Å². The topological polar surface area (TPSA) is 30.5 Å². The normalized spacial score (nSPS) is 10.7. The molecule has 29 heavy (non-hydrogen) atoms. The molecule has 0 saturated heterocycles. The highest BCUT2D eigenvalue weighted by Crippen LogP contribution is 2.37. The molecule has 0 aliphatic rings. The minimum absolute atomic E-state index is 0.430. The Kier molecular flexibility index (Phi) is 7.29. The van der Waals surface area contributed by atoms with Crippen molar-refractivity contribution in [2.45, 2.75) is 33.9 Å². The van der Waals surface area contributed by atoms with Crippen LogP contribution in [-0.4, -0.2) is 6.61 Å².